The van der Waals surface area contributed by atoms with Gasteiger partial charge in [-0.25, -0.2) is 9.59 Å². The van der Waals surface area contributed by atoms with E-state index in [9.17, 15) is 14.4 Å². The highest BCUT2D eigenvalue weighted by Gasteiger charge is 2.35. The van der Waals surface area contributed by atoms with Gasteiger partial charge in [-0.05, 0) is 69.1 Å². The highest BCUT2D eigenvalue weighted by atomic mass is 35.5. The minimum Gasteiger partial charge on any atom is -0.436 e. The Hall–Kier alpha value is -3.31. The lowest BCUT2D eigenvalue weighted by molar-refractivity contribution is -0.143. The monoisotopic (exact) mass is 668 g/mol. The second kappa shape index (κ2) is 14.6. The number of piperazine rings is 1. The Morgan fingerprint density at radius 3 is 2.20 bits per heavy atom. The zero-order valence-electron chi connectivity index (χ0n) is 26.2. The highest BCUT2D eigenvalue weighted by Crippen LogP contribution is 2.27. The van der Waals surface area contributed by atoms with E-state index in [1.807, 2.05) is 47.5 Å². The first-order valence-corrected chi connectivity index (χ1v) is 17.0. The molecular weight excluding hydrogens is 627 g/mol. The van der Waals surface area contributed by atoms with Crippen LogP contribution in [0.4, 0.5) is 4.79 Å². The fourth-order valence-corrected chi connectivity index (χ4v) is 7.22. The minimum atomic E-state index is -0.988. The maximum atomic E-state index is 13.9. The number of carbonyl (C=O) groups excluding carboxylic acids is 2. The third-order valence-corrected chi connectivity index (χ3v) is 10.4. The van der Waals surface area contributed by atoms with Gasteiger partial charge in [0, 0.05) is 64.0 Å². The smallest absolute Gasteiger partial charge is 0.410 e. The van der Waals surface area contributed by atoms with Crippen LogP contribution in [0.1, 0.15) is 37.3 Å². The van der Waals surface area contributed by atoms with Crippen LogP contribution in [-0.4, -0.2) is 113 Å². The number of nitrogens with one attached hydrogen (secondary N) is 1. The number of nitrogens with zero attached hydrogens (tertiary/aromatic N) is 5. The van der Waals surface area contributed by atoms with Gasteiger partial charge in [-0.1, -0.05) is 59.6 Å². The number of ether oxygens (including phenoxy) is 1. The zero-order chi connectivity index (χ0) is 32.2. The Kier molecular flexibility index (Phi) is 10.4. The number of H-pyrrole nitrogens is 1. The van der Waals surface area contributed by atoms with Gasteiger partial charge in [-0.2, -0.15) is 0 Å². The SMILES string of the molecule is CN1CCC(N2CCN(C(=O)[C@@H](Cc3ccc(Cl)c(Cl)c3)OC(=O)N3CCC(n4cc(-c5ccccc5)[nH]c4=O)CC3)CC2)CC1. The number of hydrogen-bond donors (Lipinski definition) is 1. The molecule has 0 bridgehead atoms. The van der Waals surface area contributed by atoms with E-state index < -0.39 is 12.2 Å². The predicted octanol–water partition coefficient (Wildman–Crippen LogP) is 4.77. The van der Waals surface area contributed by atoms with Crippen LogP contribution in [0.25, 0.3) is 11.3 Å². The fraction of sp³-hybridized carbons (Fsp3) is 0.500. The van der Waals surface area contributed by atoms with Crippen molar-refractivity contribution in [2.45, 2.75) is 50.3 Å². The van der Waals surface area contributed by atoms with Crippen molar-refractivity contribution in [3.8, 4) is 11.3 Å². The molecule has 2 aromatic carbocycles. The summed E-state index contributed by atoms with van der Waals surface area (Å²) in [6.07, 6.45) is 4.04. The maximum Gasteiger partial charge on any atom is 0.410 e. The van der Waals surface area contributed by atoms with E-state index in [2.05, 4.69) is 21.8 Å². The van der Waals surface area contributed by atoms with Crippen molar-refractivity contribution >= 4 is 35.2 Å². The van der Waals surface area contributed by atoms with Crippen LogP contribution < -0.4 is 5.69 Å². The second-order valence-electron chi connectivity index (χ2n) is 12.7. The van der Waals surface area contributed by atoms with Crippen molar-refractivity contribution in [2.75, 3.05) is 59.4 Å². The molecule has 3 aliphatic rings. The molecule has 46 heavy (non-hydrogen) atoms. The average molecular weight is 670 g/mol. The third-order valence-electron chi connectivity index (χ3n) is 9.70. The number of hydrogen-bond acceptors (Lipinski definition) is 6. The molecule has 3 saturated heterocycles. The zero-order valence-corrected chi connectivity index (χ0v) is 27.8. The van der Waals surface area contributed by atoms with Crippen molar-refractivity contribution < 1.29 is 14.3 Å². The van der Waals surface area contributed by atoms with Crippen LogP contribution in [0, 0.1) is 0 Å². The van der Waals surface area contributed by atoms with Gasteiger partial charge in [0.05, 0.1) is 15.7 Å². The summed E-state index contributed by atoms with van der Waals surface area (Å²) in [5.74, 6) is -0.190. The molecule has 10 nitrogen and oxygen atoms in total. The summed E-state index contributed by atoms with van der Waals surface area (Å²) in [4.78, 5) is 51.4. The van der Waals surface area contributed by atoms with Crippen molar-refractivity contribution in [1.29, 1.82) is 0 Å². The van der Waals surface area contributed by atoms with E-state index in [4.69, 9.17) is 27.9 Å². The number of rotatable bonds is 7. The lowest BCUT2D eigenvalue weighted by atomic mass is 10.0. The second-order valence-corrected chi connectivity index (χ2v) is 13.5. The van der Waals surface area contributed by atoms with Crippen molar-refractivity contribution in [3.63, 3.8) is 0 Å². The van der Waals surface area contributed by atoms with Crippen LogP contribution in [0.15, 0.2) is 59.5 Å². The van der Waals surface area contributed by atoms with Crippen LogP contribution in [0.5, 0.6) is 0 Å². The number of aromatic amines is 1. The van der Waals surface area contributed by atoms with Crippen molar-refractivity contribution in [2.24, 2.45) is 0 Å². The van der Waals surface area contributed by atoms with Crippen LogP contribution in [0.3, 0.4) is 0 Å². The summed E-state index contributed by atoms with van der Waals surface area (Å²) in [5.41, 5.74) is 2.32. The van der Waals surface area contributed by atoms with Crippen LogP contribution in [-0.2, 0) is 16.0 Å². The number of halogens is 2. The van der Waals surface area contributed by atoms with Gasteiger partial charge in [0.15, 0.2) is 6.10 Å². The molecule has 0 unspecified atom stereocenters. The molecule has 6 rings (SSSR count). The number of aromatic nitrogens is 2. The first-order chi connectivity index (χ1) is 22.2. The van der Waals surface area contributed by atoms with E-state index in [0.717, 1.165) is 55.8 Å². The standard InChI is InChI=1S/C34H42Cl2N6O4/c1-38-13-9-26(10-14-38)39-17-19-40(20-18-39)32(43)31(22-24-7-8-28(35)29(36)21-24)46-34(45)41-15-11-27(12-16-41)42-23-30(37-33(42)44)25-5-3-2-4-6-25/h2-8,21,23,26-27,31H,9-20,22H2,1H3,(H,37,44)/t31-/m1/s1. The van der Waals surface area contributed by atoms with Crippen LogP contribution in [0.2, 0.25) is 10.0 Å². The summed E-state index contributed by atoms with van der Waals surface area (Å²) < 4.78 is 7.72. The normalized spacial score (nSPS) is 19.7. The van der Waals surface area contributed by atoms with Gasteiger partial charge < -0.3 is 24.4 Å². The molecule has 1 atom stereocenters. The van der Waals surface area contributed by atoms with E-state index >= 15 is 0 Å². The Morgan fingerprint density at radius 2 is 1.52 bits per heavy atom. The van der Waals surface area contributed by atoms with Crippen molar-refractivity contribution in [3.05, 3.63) is 80.8 Å². The number of amides is 2. The molecule has 246 valence electrons. The summed E-state index contributed by atoms with van der Waals surface area (Å²) in [6, 6.07) is 15.5. The fourth-order valence-electron chi connectivity index (χ4n) is 6.90. The summed E-state index contributed by atoms with van der Waals surface area (Å²) in [6.45, 7) is 5.86. The molecule has 0 saturated carbocycles. The van der Waals surface area contributed by atoms with Gasteiger partial charge in [0.25, 0.3) is 5.91 Å². The van der Waals surface area contributed by atoms with Gasteiger partial charge in [-0.3, -0.25) is 14.3 Å². The lowest BCUT2D eigenvalue weighted by Crippen LogP contribution is -2.56. The van der Waals surface area contributed by atoms with E-state index in [1.165, 1.54) is 0 Å². The molecule has 0 radical (unpaired) electrons. The molecule has 2 amide bonds. The van der Waals surface area contributed by atoms with Gasteiger partial charge in [0.2, 0.25) is 0 Å². The molecule has 1 N–H and O–H groups in total. The van der Waals surface area contributed by atoms with Crippen LogP contribution >= 0.6 is 23.2 Å². The summed E-state index contributed by atoms with van der Waals surface area (Å²) in [5, 5.41) is 0.816. The Balaban J connectivity index is 1.09. The Bertz CT molecular complexity index is 1560. The topological polar surface area (TPSA) is 94.1 Å². The largest absolute Gasteiger partial charge is 0.436 e. The van der Waals surface area contributed by atoms with Gasteiger partial charge in [-0.15, -0.1) is 0 Å². The third kappa shape index (κ3) is 7.62. The summed E-state index contributed by atoms with van der Waals surface area (Å²) in [7, 11) is 2.16. The minimum absolute atomic E-state index is 0.0419. The molecule has 0 spiro atoms. The predicted molar refractivity (Wildman–Crippen MR) is 179 cm³/mol. The molecule has 0 aliphatic carbocycles. The molecule has 3 aromatic rings. The molecule has 12 heteroatoms. The summed E-state index contributed by atoms with van der Waals surface area (Å²) >= 11 is 12.4. The number of carbonyl (C=O) groups is 2. The van der Waals surface area contributed by atoms with Gasteiger partial charge in [0.1, 0.15) is 0 Å². The number of piperidine rings is 2. The van der Waals surface area contributed by atoms with E-state index in [1.54, 1.807) is 21.6 Å². The Morgan fingerprint density at radius 1 is 0.848 bits per heavy atom. The van der Waals surface area contributed by atoms with E-state index in [-0.39, 0.29) is 24.1 Å². The molecule has 1 aromatic heterocycles. The quantitative estimate of drug-likeness (QED) is 0.390. The first kappa shape index (κ1) is 32.6. The van der Waals surface area contributed by atoms with Gasteiger partial charge >= 0.3 is 11.8 Å². The molecular formula is C34H42Cl2N6O4. The Labute approximate surface area is 279 Å². The van der Waals surface area contributed by atoms with E-state index in [0.29, 0.717) is 55.1 Å². The number of benzene rings is 2. The lowest BCUT2D eigenvalue weighted by Gasteiger charge is -2.42. The molecule has 3 fully saturated rings. The average Bonchev–Trinajstić information content (AvgIpc) is 3.48. The number of likely N-dealkylation sites (tertiary alicyclic amines) is 2. The molecule has 4 heterocycles. The highest BCUT2D eigenvalue weighted by molar-refractivity contribution is 6.42. The maximum absolute atomic E-state index is 13.9. The van der Waals surface area contributed by atoms with Crippen molar-refractivity contribution in [1.82, 2.24) is 29.2 Å². The number of imidazole rings is 1. The first-order valence-electron chi connectivity index (χ1n) is 16.2. The molecule has 3 aliphatic heterocycles.